The highest BCUT2D eigenvalue weighted by atomic mass is 16.5. The Balaban J connectivity index is 2.39. The lowest BCUT2D eigenvalue weighted by Gasteiger charge is -2.32. The first-order valence-corrected chi connectivity index (χ1v) is 6.32. The largest absolute Gasteiger partial charge is 0.496 e. The quantitative estimate of drug-likeness (QED) is 0.844. The zero-order valence-corrected chi connectivity index (χ0v) is 10.7. The lowest BCUT2D eigenvalue weighted by atomic mass is 9.74. The average molecular weight is 248 g/mol. The Morgan fingerprint density at radius 2 is 2.17 bits per heavy atom. The summed E-state index contributed by atoms with van der Waals surface area (Å²) in [6.45, 7) is 1.20. The van der Waals surface area contributed by atoms with E-state index in [9.17, 15) is 4.79 Å². The van der Waals surface area contributed by atoms with E-state index >= 15 is 0 Å². The maximum Gasteiger partial charge on any atom is 0.220 e. The van der Waals surface area contributed by atoms with Gasteiger partial charge in [0.25, 0.3) is 0 Å². The number of carbonyl (C=O) groups excluding carboxylic acids is 1. The van der Waals surface area contributed by atoms with E-state index in [1.165, 1.54) is 0 Å². The van der Waals surface area contributed by atoms with Crippen molar-refractivity contribution in [1.82, 2.24) is 5.32 Å². The molecule has 2 rings (SSSR count). The van der Waals surface area contributed by atoms with E-state index in [2.05, 4.69) is 11.4 Å². The van der Waals surface area contributed by atoms with Gasteiger partial charge in [0.15, 0.2) is 0 Å². The van der Waals surface area contributed by atoms with E-state index in [1.807, 2.05) is 18.2 Å². The third-order valence-corrected chi connectivity index (χ3v) is 3.83. The van der Waals surface area contributed by atoms with Crippen LogP contribution in [0.4, 0.5) is 0 Å². The van der Waals surface area contributed by atoms with Gasteiger partial charge in [0.1, 0.15) is 5.75 Å². The number of benzene rings is 1. The normalized spacial score (nSPS) is 24.2. The van der Waals surface area contributed by atoms with Crippen LogP contribution in [0.25, 0.3) is 0 Å². The lowest BCUT2D eigenvalue weighted by Crippen LogP contribution is -2.36. The molecule has 0 spiro atoms. The second kappa shape index (κ2) is 5.40. The van der Waals surface area contributed by atoms with Crippen molar-refractivity contribution in [2.24, 2.45) is 5.73 Å². The lowest BCUT2D eigenvalue weighted by molar-refractivity contribution is -0.120. The third kappa shape index (κ3) is 2.34. The number of carbonyl (C=O) groups is 1. The molecule has 4 heteroatoms. The number of rotatable bonds is 3. The van der Waals surface area contributed by atoms with Gasteiger partial charge in [-0.05, 0) is 18.9 Å². The van der Waals surface area contributed by atoms with Crippen molar-refractivity contribution in [2.75, 3.05) is 20.2 Å². The van der Waals surface area contributed by atoms with E-state index in [0.29, 0.717) is 19.5 Å². The van der Waals surface area contributed by atoms with Crippen molar-refractivity contribution in [2.45, 2.75) is 24.7 Å². The van der Waals surface area contributed by atoms with E-state index in [4.69, 9.17) is 10.5 Å². The minimum Gasteiger partial charge on any atom is -0.496 e. The van der Waals surface area contributed by atoms with Gasteiger partial charge in [-0.3, -0.25) is 4.79 Å². The van der Waals surface area contributed by atoms with Gasteiger partial charge in [-0.1, -0.05) is 18.2 Å². The molecule has 1 fully saturated rings. The Morgan fingerprint density at radius 3 is 2.89 bits per heavy atom. The van der Waals surface area contributed by atoms with Crippen LogP contribution >= 0.6 is 0 Å². The molecule has 0 saturated carbocycles. The maximum absolute atomic E-state index is 11.5. The van der Waals surface area contributed by atoms with Gasteiger partial charge in [-0.25, -0.2) is 0 Å². The van der Waals surface area contributed by atoms with Crippen LogP contribution < -0.4 is 15.8 Å². The summed E-state index contributed by atoms with van der Waals surface area (Å²) in [6, 6.07) is 7.95. The first kappa shape index (κ1) is 12.9. The van der Waals surface area contributed by atoms with Crippen LogP contribution in [-0.2, 0) is 10.2 Å². The monoisotopic (exact) mass is 248 g/mol. The molecule has 1 heterocycles. The molecule has 0 bridgehead atoms. The predicted molar refractivity (Wildman–Crippen MR) is 70.6 cm³/mol. The van der Waals surface area contributed by atoms with Crippen LogP contribution in [0.1, 0.15) is 24.8 Å². The summed E-state index contributed by atoms with van der Waals surface area (Å²) in [5.41, 5.74) is 6.97. The summed E-state index contributed by atoms with van der Waals surface area (Å²) >= 11 is 0. The molecule has 0 aromatic heterocycles. The SMILES string of the molecule is COc1ccccc1C1(CN)CCNC(=O)CC1. The molecule has 1 amide bonds. The average Bonchev–Trinajstić information content (AvgIpc) is 2.61. The number of hydrogen-bond donors (Lipinski definition) is 2. The van der Waals surface area contributed by atoms with Crippen LogP contribution in [0.3, 0.4) is 0 Å². The Hall–Kier alpha value is -1.55. The Labute approximate surface area is 108 Å². The van der Waals surface area contributed by atoms with Crippen LogP contribution in [0.15, 0.2) is 24.3 Å². The molecule has 0 radical (unpaired) electrons. The van der Waals surface area contributed by atoms with Crippen LogP contribution in [0.5, 0.6) is 5.75 Å². The Morgan fingerprint density at radius 1 is 1.39 bits per heavy atom. The molecule has 4 nitrogen and oxygen atoms in total. The van der Waals surface area contributed by atoms with Crippen molar-refractivity contribution in [1.29, 1.82) is 0 Å². The summed E-state index contributed by atoms with van der Waals surface area (Å²) in [7, 11) is 1.67. The minimum atomic E-state index is -0.161. The van der Waals surface area contributed by atoms with E-state index in [-0.39, 0.29) is 11.3 Å². The number of ether oxygens (including phenoxy) is 1. The second-order valence-electron chi connectivity index (χ2n) is 4.78. The molecule has 1 aliphatic heterocycles. The topological polar surface area (TPSA) is 64.3 Å². The first-order valence-electron chi connectivity index (χ1n) is 6.32. The number of nitrogens with one attached hydrogen (secondary N) is 1. The highest BCUT2D eigenvalue weighted by Gasteiger charge is 2.35. The van der Waals surface area contributed by atoms with Gasteiger partial charge in [0.2, 0.25) is 5.91 Å². The summed E-state index contributed by atoms with van der Waals surface area (Å²) < 4.78 is 5.43. The zero-order valence-electron chi connectivity index (χ0n) is 10.7. The molecular formula is C14H20N2O2. The van der Waals surface area contributed by atoms with Crippen molar-refractivity contribution < 1.29 is 9.53 Å². The van der Waals surface area contributed by atoms with Crippen molar-refractivity contribution in [3.05, 3.63) is 29.8 Å². The molecule has 98 valence electrons. The van der Waals surface area contributed by atoms with Crippen LogP contribution in [0.2, 0.25) is 0 Å². The highest BCUT2D eigenvalue weighted by molar-refractivity contribution is 5.76. The number of methoxy groups -OCH3 is 1. The van der Waals surface area contributed by atoms with Gasteiger partial charge in [0, 0.05) is 30.5 Å². The van der Waals surface area contributed by atoms with Crippen molar-refractivity contribution >= 4 is 5.91 Å². The van der Waals surface area contributed by atoms with Gasteiger partial charge in [-0.15, -0.1) is 0 Å². The Bertz CT molecular complexity index is 434. The molecule has 1 unspecified atom stereocenters. The molecule has 18 heavy (non-hydrogen) atoms. The van der Waals surface area contributed by atoms with Crippen molar-refractivity contribution in [3.63, 3.8) is 0 Å². The molecule has 3 N–H and O–H groups in total. The highest BCUT2D eigenvalue weighted by Crippen LogP contribution is 2.38. The van der Waals surface area contributed by atoms with E-state index in [1.54, 1.807) is 7.11 Å². The molecule has 0 aliphatic carbocycles. The fourth-order valence-corrected chi connectivity index (χ4v) is 2.67. The summed E-state index contributed by atoms with van der Waals surface area (Å²) in [5, 5.41) is 2.91. The van der Waals surface area contributed by atoms with Gasteiger partial charge in [0.05, 0.1) is 7.11 Å². The second-order valence-corrected chi connectivity index (χ2v) is 4.78. The van der Waals surface area contributed by atoms with Gasteiger partial charge >= 0.3 is 0 Å². The summed E-state index contributed by atoms with van der Waals surface area (Å²) in [4.78, 5) is 11.5. The summed E-state index contributed by atoms with van der Waals surface area (Å²) in [6.07, 6.45) is 2.15. The fraction of sp³-hybridized carbons (Fsp3) is 0.500. The molecule has 1 aromatic rings. The van der Waals surface area contributed by atoms with Crippen LogP contribution in [-0.4, -0.2) is 26.1 Å². The minimum absolute atomic E-state index is 0.111. The van der Waals surface area contributed by atoms with E-state index in [0.717, 1.165) is 24.2 Å². The molecule has 1 aliphatic rings. The molecular weight excluding hydrogens is 228 g/mol. The Kier molecular flexibility index (Phi) is 3.87. The van der Waals surface area contributed by atoms with Crippen LogP contribution in [0, 0.1) is 0 Å². The summed E-state index contributed by atoms with van der Waals surface area (Å²) in [5.74, 6) is 0.970. The fourth-order valence-electron chi connectivity index (χ4n) is 2.67. The number of hydrogen-bond acceptors (Lipinski definition) is 3. The first-order chi connectivity index (χ1) is 8.72. The zero-order chi connectivity index (χ0) is 13.0. The van der Waals surface area contributed by atoms with E-state index < -0.39 is 0 Å². The maximum atomic E-state index is 11.5. The molecule has 1 saturated heterocycles. The standard InChI is InChI=1S/C14H20N2O2/c1-18-12-5-3-2-4-11(12)14(10-15)7-6-13(17)16-9-8-14/h2-5H,6-10,15H2,1H3,(H,16,17). The third-order valence-electron chi connectivity index (χ3n) is 3.83. The number of para-hydroxylation sites is 1. The number of nitrogens with two attached hydrogens (primary N) is 1. The predicted octanol–water partition coefficient (Wildman–Crippen LogP) is 1.19. The molecule has 1 atom stereocenters. The number of amides is 1. The van der Waals surface area contributed by atoms with Gasteiger partial charge in [-0.2, -0.15) is 0 Å². The van der Waals surface area contributed by atoms with Gasteiger partial charge < -0.3 is 15.8 Å². The van der Waals surface area contributed by atoms with Crippen molar-refractivity contribution in [3.8, 4) is 5.75 Å². The smallest absolute Gasteiger partial charge is 0.220 e. The molecule has 1 aromatic carbocycles.